The maximum atomic E-state index is 12.8. The van der Waals surface area contributed by atoms with Gasteiger partial charge in [-0.2, -0.15) is 0 Å². The third kappa shape index (κ3) is 6.46. The highest BCUT2D eigenvalue weighted by atomic mass is 35.5. The number of aliphatic hydroxyl groups is 1. The normalized spacial score (nSPS) is 23.9. The molecular formula is C27H25ClO7. The molecule has 0 radical (unpaired) electrons. The monoisotopic (exact) mass is 496 g/mol. The van der Waals surface area contributed by atoms with Crippen molar-refractivity contribution in [1.29, 1.82) is 0 Å². The number of benzene rings is 3. The molecule has 0 amide bonds. The van der Waals surface area contributed by atoms with Crippen molar-refractivity contribution < 1.29 is 33.6 Å². The van der Waals surface area contributed by atoms with Crippen LogP contribution in [0.5, 0.6) is 0 Å². The molecule has 1 heterocycles. The van der Waals surface area contributed by atoms with E-state index in [1.165, 1.54) is 0 Å². The van der Waals surface area contributed by atoms with Crippen molar-refractivity contribution in [2.24, 2.45) is 0 Å². The van der Waals surface area contributed by atoms with E-state index in [1.807, 2.05) is 30.3 Å². The van der Waals surface area contributed by atoms with Gasteiger partial charge < -0.3 is 24.1 Å². The zero-order valence-corrected chi connectivity index (χ0v) is 19.5. The molecule has 0 spiro atoms. The van der Waals surface area contributed by atoms with Gasteiger partial charge in [0.1, 0.15) is 11.5 Å². The Morgan fingerprint density at radius 2 is 1.26 bits per heavy atom. The fourth-order valence-corrected chi connectivity index (χ4v) is 4.00. The van der Waals surface area contributed by atoms with Crippen molar-refractivity contribution in [2.75, 3.05) is 6.61 Å². The summed E-state index contributed by atoms with van der Waals surface area (Å²) in [5.41, 5.74) is 1.52. The number of hydrogen-bond donors (Lipinski definition) is 1. The molecular weight excluding hydrogens is 472 g/mol. The number of alkyl halides is 1. The van der Waals surface area contributed by atoms with Gasteiger partial charge in [0.25, 0.3) is 0 Å². The second-order valence-corrected chi connectivity index (χ2v) is 8.49. The van der Waals surface area contributed by atoms with Crippen LogP contribution in [0, 0.1) is 0 Å². The Morgan fingerprint density at radius 1 is 0.771 bits per heavy atom. The number of hydrogen-bond acceptors (Lipinski definition) is 7. The Labute approximate surface area is 208 Å². The summed E-state index contributed by atoms with van der Waals surface area (Å²) in [6, 6.07) is 26.1. The minimum absolute atomic E-state index is 0.0266. The molecule has 4 rings (SSSR count). The largest absolute Gasteiger partial charge is 0.453 e. The second-order valence-electron chi connectivity index (χ2n) is 7.98. The van der Waals surface area contributed by atoms with Crippen LogP contribution < -0.4 is 0 Å². The highest BCUT2D eigenvalue weighted by Crippen LogP contribution is 2.30. The summed E-state index contributed by atoms with van der Waals surface area (Å²) in [5.74, 6) is -1.37. The first-order chi connectivity index (χ1) is 17.0. The van der Waals surface area contributed by atoms with Crippen LogP contribution in [-0.4, -0.2) is 53.6 Å². The summed E-state index contributed by atoms with van der Waals surface area (Å²) >= 11 is 6.67. The number of carbonyl (C=O) groups excluding carboxylic acids is 2. The third-order valence-corrected chi connectivity index (χ3v) is 6.02. The van der Waals surface area contributed by atoms with Gasteiger partial charge in [-0.15, -0.1) is 11.6 Å². The van der Waals surface area contributed by atoms with E-state index in [4.69, 9.17) is 30.5 Å². The predicted octanol–water partition coefficient (Wildman–Crippen LogP) is 3.98. The number of carbonyl (C=O) groups is 2. The molecule has 0 unspecified atom stereocenters. The minimum atomic E-state index is -1.59. The fourth-order valence-electron chi connectivity index (χ4n) is 3.67. The van der Waals surface area contributed by atoms with Crippen molar-refractivity contribution in [1.82, 2.24) is 0 Å². The summed E-state index contributed by atoms with van der Waals surface area (Å²) in [5, 5.41) is 9.76. The first-order valence-corrected chi connectivity index (χ1v) is 11.6. The van der Waals surface area contributed by atoms with Gasteiger partial charge >= 0.3 is 11.9 Å². The maximum Gasteiger partial charge on any atom is 0.338 e. The van der Waals surface area contributed by atoms with Crippen LogP contribution in [0.15, 0.2) is 91.0 Å². The van der Waals surface area contributed by atoms with Crippen LogP contribution in [0.1, 0.15) is 26.3 Å². The van der Waals surface area contributed by atoms with Gasteiger partial charge in [-0.05, 0) is 29.8 Å². The number of aliphatic hydroxyl groups excluding tert-OH is 1. The first-order valence-electron chi connectivity index (χ1n) is 11.1. The van der Waals surface area contributed by atoms with Crippen LogP contribution >= 0.6 is 11.6 Å². The Balaban J connectivity index is 1.49. The van der Waals surface area contributed by atoms with E-state index in [2.05, 4.69) is 0 Å². The van der Waals surface area contributed by atoms with Crippen LogP contribution in [0.2, 0.25) is 0 Å². The van der Waals surface area contributed by atoms with Crippen LogP contribution in [-0.2, 0) is 25.6 Å². The van der Waals surface area contributed by atoms with Crippen molar-refractivity contribution in [2.45, 2.75) is 36.6 Å². The van der Waals surface area contributed by atoms with E-state index in [0.29, 0.717) is 12.2 Å². The van der Waals surface area contributed by atoms with Gasteiger partial charge in [0.15, 0.2) is 18.5 Å². The SMILES string of the molecule is O=C(O[C@@H]1[C@@H](OC(=O)c2ccccc2)[C@H](Cl)[C@@H](COCc2ccccc2)O[C@@H]1O)c1ccccc1. The molecule has 1 aliphatic rings. The standard InChI is InChI=1S/C27H25ClO7/c28-22-21(17-32-16-18-10-4-1-5-11-18)33-27(31)24(35-26(30)20-14-8-3-9-15-20)23(22)34-25(29)19-12-6-2-7-13-19/h1-15,21-24,27,31H,16-17H2/t21-,22-,23+,24-,27+/m1/s1. The molecule has 1 N–H and O–H groups in total. The van der Waals surface area contributed by atoms with Crippen molar-refractivity contribution in [3.63, 3.8) is 0 Å². The van der Waals surface area contributed by atoms with E-state index in [1.54, 1.807) is 60.7 Å². The number of rotatable bonds is 8. The lowest BCUT2D eigenvalue weighted by Gasteiger charge is -2.41. The average molecular weight is 497 g/mol. The number of ether oxygens (including phenoxy) is 4. The first kappa shape index (κ1) is 24.9. The molecule has 1 fully saturated rings. The Morgan fingerprint density at radius 3 is 1.80 bits per heavy atom. The topological polar surface area (TPSA) is 91.3 Å². The van der Waals surface area contributed by atoms with Crippen molar-refractivity contribution in [3.05, 3.63) is 108 Å². The van der Waals surface area contributed by atoms with Gasteiger partial charge in [0.05, 0.1) is 24.3 Å². The van der Waals surface area contributed by atoms with Crippen LogP contribution in [0.4, 0.5) is 0 Å². The molecule has 1 aliphatic heterocycles. The summed E-state index contributed by atoms with van der Waals surface area (Å²) < 4.78 is 22.5. The smallest absolute Gasteiger partial charge is 0.338 e. The van der Waals surface area contributed by atoms with Gasteiger partial charge in [-0.1, -0.05) is 66.7 Å². The molecule has 7 nitrogen and oxygen atoms in total. The molecule has 3 aromatic rings. The summed E-state index contributed by atoms with van der Waals surface area (Å²) in [4.78, 5) is 25.5. The third-order valence-electron chi connectivity index (χ3n) is 5.49. The van der Waals surface area contributed by atoms with Gasteiger partial charge in [-0.25, -0.2) is 9.59 Å². The Kier molecular flexibility index (Phi) is 8.50. The van der Waals surface area contributed by atoms with Crippen molar-refractivity contribution in [3.8, 4) is 0 Å². The quantitative estimate of drug-likeness (QED) is 0.372. The molecule has 35 heavy (non-hydrogen) atoms. The van der Waals surface area contributed by atoms with Crippen molar-refractivity contribution >= 4 is 23.5 Å². The summed E-state index contributed by atoms with van der Waals surface area (Å²) in [6.45, 7) is 0.333. The Bertz CT molecular complexity index is 1090. The van der Waals surface area contributed by atoms with E-state index >= 15 is 0 Å². The lowest BCUT2D eigenvalue weighted by molar-refractivity contribution is -0.251. The van der Waals surface area contributed by atoms with Gasteiger partial charge in [0.2, 0.25) is 0 Å². The van der Waals surface area contributed by atoms with E-state index in [9.17, 15) is 14.7 Å². The fraction of sp³-hybridized carbons (Fsp3) is 0.259. The van der Waals surface area contributed by atoms with E-state index in [0.717, 1.165) is 5.56 Å². The molecule has 0 saturated carbocycles. The molecule has 0 aliphatic carbocycles. The summed E-state index contributed by atoms with van der Waals surface area (Å²) in [6.07, 6.45) is -4.94. The minimum Gasteiger partial charge on any atom is -0.453 e. The molecule has 182 valence electrons. The van der Waals surface area contributed by atoms with Gasteiger partial charge in [0, 0.05) is 0 Å². The predicted molar refractivity (Wildman–Crippen MR) is 128 cm³/mol. The highest BCUT2D eigenvalue weighted by molar-refractivity contribution is 6.21. The Hall–Kier alpha value is -3.23. The number of esters is 2. The zero-order chi connectivity index (χ0) is 24.6. The van der Waals surface area contributed by atoms with Crippen LogP contribution in [0.25, 0.3) is 0 Å². The molecule has 5 atom stereocenters. The van der Waals surface area contributed by atoms with E-state index in [-0.39, 0.29) is 12.2 Å². The summed E-state index contributed by atoms with van der Waals surface area (Å²) in [7, 11) is 0. The lowest BCUT2D eigenvalue weighted by atomic mass is 10.0. The maximum absolute atomic E-state index is 12.8. The molecule has 3 aromatic carbocycles. The molecule has 0 bridgehead atoms. The molecule has 8 heteroatoms. The average Bonchev–Trinajstić information content (AvgIpc) is 2.90. The zero-order valence-electron chi connectivity index (χ0n) is 18.7. The highest BCUT2D eigenvalue weighted by Gasteiger charge is 2.49. The second kappa shape index (κ2) is 12.0. The molecule has 1 saturated heterocycles. The van der Waals surface area contributed by atoms with Crippen LogP contribution in [0.3, 0.4) is 0 Å². The molecule has 0 aromatic heterocycles. The van der Waals surface area contributed by atoms with Gasteiger partial charge in [-0.3, -0.25) is 0 Å². The number of halogens is 1. The lowest BCUT2D eigenvalue weighted by Crippen LogP contribution is -2.59. The van der Waals surface area contributed by atoms with E-state index < -0.39 is 41.9 Å².